The molecule has 2 aliphatic rings. The predicted octanol–water partition coefficient (Wildman–Crippen LogP) is 2.36. The van der Waals surface area contributed by atoms with Gasteiger partial charge in [0.2, 0.25) is 17.7 Å². The number of rotatable bonds is 7. The molecule has 2 fully saturated rings. The second-order valence-electron chi connectivity index (χ2n) is 8.59. The normalized spacial score (nSPS) is 22.5. The van der Waals surface area contributed by atoms with E-state index >= 15 is 0 Å². The minimum atomic E-state index is -0.213. The van der Waals surface area contributed by atoms with Crippen molar-refractivity contribution in [2.75, 3.05) is 31.5 Å². The average Bonchev–Trinajstić information content (AvgIpc) is 2.75. The number of carbonyl (C=O) groups excluding carboxylic acids is 3. The molecule has 2 atom stereocenters. The molecule has 2 aliphatic heterocycles. The van der Waals surface area contributed by atoms with Crippen molar-refractivity contribution in [2.24, 2.45) is 17.6 Å². The summed E-state index contributed by atoms with van der Waals surface area (Å²) in [5, 5.41) is 3.00. The summed E-state index contributed by atoms with van der Waals surface area (Å²) in [6, 6.07) is 7.88. The average molecular weight is 415 g/mol. The van der Waals surface area contributed by atoms with Gasteiger partial charge in [0, 0.05) is 38.3 Å². The number of primary amides is 1. The van der Waals surface area contributed by atoms with E-state index in [1.54, 1.807) is 0 Å². The Labute approximate surface area is 179 Å². The Kier molecular flexibility index (Phi) is 7.85. The molecular formula is C23H34N4O3. The number of likely N-dealkylation sites (tertiary alicyclic amines) is 2. The molecule has 2 saturated heterocycles. The molecule has 0 bridgehead atoms. The Bertz CT molecular complexity index is 749. The van der Waals surface area contributed by atoms with Gasteiger partial charge in [-0.05, 0) is 56.3 Å². The molecule has 3 N–H and O–H groups in total. The molecule has 0 aromatic heterocycles. The monoisotopic (exact) mass is 414 g/mol. The number of carbonyl (C=O) groups is 3. The van der Waals surface area contributed by atoms with Crippen molar-refractivity contribution in [3.05, 3.63) is 29.8 Å². The number of hydrogen-bond acceptors (Lipinski definition) is 4. The standard InChI is InChI=1S/C23H34N4O3/c1-2-5-21(28)27-13-4-7-19(16-27)23(30)25-20-10-8-17(9-11-20)14-26-12-3-6-18(15-26)22(24)29/h8-11,18-19H,2-7,12-16H2,1H3,(H2,24,29)(H,25,30). The van der Waals surface area contributed by atoms with Gasteiger partial charge in [0.05, 0.1) is 11.8 Å². The third kappa shape index (κ3) is 6.05. The van der Waals surface area contributed by atoms with Gasteiger partial charge in [-0.2, -0.15) is 0 Å². The van der Waals surface area contributed by atoms with Gasteiger partial charge in [-0.3, -0.25) is 19.3 Å². The van der Waals surface area contributed by atoms with E-state index in [4.69, 9.17) is 5.73 Å². The summed E-state index contributed by atoms with van der Waals surface area (Å²) in [5.74, 6) is -0.293. The molecule has 0 radical (unpaired) electrons. The highest BCUT2D eigenvalue weighted by atomic mass is 16.2. The summed E-state index contributed by atoms with van der Waals surface area (Å²) >= 11 is 0. The van der Waals surface area contributed by atoms with Crippen LogP contribution in [0.4, 0.5) is 5.69 Å². The number of nitrogens with one attached hydrogen (secondary N) is 1. The molecule has 3 rings (SSSR count). The summed E-state index contributed by atoms with van der Waals surface area (Å²) < 4.78 is 0. The van der Waals surface area contributed by atoms with Crippen molar-refractivity contribution in [1.29, 1.82) is 0 Å². The number of piperidine rings is 2. The molecule has 2 heterocycles. The quantitative estimate of drug-likeness (QED) is 0.716. The van der Waals surface area contributed by atoms with Crippen LogP contribution in [0, 0.1) is 11.8 Å². The van der Waals surface area contributed by atoms with Crippen LogP contribution in [-0.2, 0) is 20.9 Å². The van der Waals surface area contributed by atoms with E-state index in [2.05, 4.69) is 10.2 Å². The molecule has 30 heavy (non-hydrogen) atoms. The molecule has 164 valence electrons. The Hall–Kier alpha value is -2.41. The molecule has 0 saturated carbocycles. The van der Waals surface area contributed by atoms with Gasteiger partial charge in [-0.15, -0.1) is 0 Å². The van der Waals surface area contributed by atoms with Gasteiger partial charge in [0.25, 0.3) is 0 Å². The highest BCUT2D eigenvalue weighted by Crippen LogP contribution is 2.21. The van der Waals surface area contributed by atoms with Crippen LogP contribution in [0.2, 0.25) is 0 Å². The maximum Gasteiger partial charge on any atom is 0.229 e. The molecule has 1 aromatic rings. The lowest BCUT2D eigenvalue weighted by Crippen LogP contribution is -2.43. The first-order valence-electron chi connectivity index (χ1n) is 11.2. The second kappa shape index (κ2) is 10.6. The van der Waals surface area contributed by atoms with E-state index in [0.29, 0.717) is 19.5 Å². The first kappa shape index (κ1) is 22.3. The van der Waals surface area contributed by atoms with Crippen molar-refractivity contribution in [1.82, 2.24) is 9.80 Å². The van der Waals surface area contributed by atoms with Crippen LogP contribution in [0.25, 0.3) is 0 Å². The Balaban J connectivity index is 1.50. The maximum absolute atomic E-state index is 12.7. The van der Waals surface area contributed by atoms with E-state index in [0.717, 1.165) is 63.0 Å². The summed E-state index contributed by atoms with van der Waals surface area (Å²) in [6.45, 7) is 5.72. The van der Waals surface area contributed by atoms with Gasteiger partial charge >= 0.3 is 0 Å². The fourth-order valence-electron chi connectivity index (χ4n) is 4.42. The van der Waals surface area contributed by atoms with Crippen molar-refractivity contribution in [3.8, 4) is 0 Å². The number of nitrogens with zero attached hydrogens (tertiary/aromatic N) is 2. The van der Waals surface area contributed by atoms with E-state index in [1.165, 1.54) is 0 Å². The number of benzene rings is 1. The molecule has 0 spiro atoms. The highest BCUT2D eigenvalue weighted by molar-refractivity contribution is 5.93. The maximum atomic E-state index is 12.7. The van der Waals surface area contributed by atoms with Crippen molar-refractivity contribution in [3.63, 3.8) is 0 Å². The van der Waals surface area contributed by atoms with Crippen LogP contribution >= 0.6 is 0 Å². The molecular weight excluding hydrogens is 380 g/mol. The fraction of sp³-hybridized carbons (Fsp3) is 0.609. The minimum absolute atomic E-state index is 0.0166. The van der Waals surface area contributed by atoms with Crippen LogP contribution < -0.4 is 11.1 Å². The van der Waals surface area contributed by atoms with Gasteiger partial charge in [-0.1, -0.05) is 19.1 Å². The van der Waals surface area contributed by atoms with Crippen molar-refractivity contribution in [2.45, 2.75) is 52.0 Å². The largest absolute Gasteiger partial charge is 0.369 e. The van der Waals surface area contributed by atoms with E-state index < -0.39 is 0 Å². The lowest BCUT2D eigenvalue weighted by Gasteiger charge is -2.32. The van der Waals surface area contributed by atoms with Gasteiger partial charge in [-0.25, -0.2) is 0 Å². The first-order valence-corrected chi connectivity index (χ1v) is 11.2. The number of nitrogens with two attached hydrogens (primary N) is 1. The zero-order chi connectivity index (χ0) is 21.5. The van der Waals surface area contributed by atoms with Crippen LogP contribution in [0.5, 0.6) is 0 Å². The SMILES string of the molecule is CCCC(=O)N1CCCC(C(=O)Nc2ccc(CN3CCCC(C(N)=O)C3)cc2)C1. The molecule has 1 aromatic carbocycles. The zero-order valence-electron chi connectivity index (χ0n) is 17.9. The second-order valence-corrected chi connectivity index (χ2v) is 8.59. The highest BCUT2D eigenvalue weighted by Gasteiger charge is 2.28. The lowest BCUT2D eigenvalue weighted by atomic mass is 9.96. The predicted molar refractivity (Wildman–Crippen MR) is 116 cm³/mol. The molecule has 0 aliphatic carbocycles. The Morgan fingerprint density at radius 2 is 1.73 bits per heavy atom. The number of amides is 3. The zero-order valence-corrected chi connectivity index (χ0v) is 17.9. The van der Waals surface area contributed by atoms with Crippen LogP contribution in [0.1, 0.15) is 51.0 Å². The summed E-state index contributed by atoms with van der Waals surface area (Å²) in [7, 11) is 0. The number of anilines is 1. The Morgan fingerprint density at radius 3 is 2.43 bits per heavy atom. The number of hydrogen-bond donors (Lipinski definition) is 2. The van der Waals surface area contributed by atoms with Crippen LogP contribution in [0.15, 0.2) is 24.3 Å². The van der Waals surface area contributed by atoms with Gasteiger partial charge in [0.1, 0.15) is 0 Å². The summed E-state index contributed by atoms with van der Waals surface area (Å²) in [5.41, 5.74) is 7.38. The topological polar surface area (TPSA) is 95.7 Å². The van der Waals surface area contributed by atoms with Crippen LogP contribution in [-0.4, -0.2) is 53.7 Å². The van der Waals surface area contributed by atoms with Crippen molar-refractivity contribution >= 4 is 23.4 Å². The van der Waals surface area contributed by atoms with Crippen LogP contribution in [0.3, 0.4) is 0 Å². The molecule has 7 heteroatoms. The molecule has 2 unspecified atom stereocenters. The fourth-order valence-corrected chi connectivity index (χ4v) is 4.42. The van der Waals surface area contributed by atoms with Gasteiger partial charge < -0.3 is 16.0 Å². The third-order valence-corrected chi connectivity index (χ3v) is 6.14. The molecule has 3 amide bonds. The van der Waals surface area contributed by atoms with E-state index in [1.807, 2.05) is 36.1 Å². The third-order valence-electron chi connectivity index (χ3n) is 6.14. The van der Waals surface area contributed by atoms with Crippen molar-refractivity contribution < 1.29 is 14.4 Å². The van der Waals surface area contributed by atoms with E-state index in [-0.39, 0.29) is 29.6 Å². The van der Waals surface area contributed by atoms with E-state index in [9.17, 15) is 14.4 Å². The van der Waals surface area contributed by atoms with Gasteiger partial charge in [0.15, 0.2) is 0 Å². The Morgan fingerprint density at radius 1 is 1.03 bits per heavy atom. The summed E-state index contributed by atoms with van der Waals surface area (Å²) in [6.07, 6.45) is 4.93. The lowest BCUT2D eigenvalue weighted by molar-refractivity contribution is -0.134. The smallest absolute Gasteiger partial charge is 0.229 e. The first-order chi connectivity index (χ1) is 14.5. The molecule has 7 nitrogen and oxygen atoms in total. The minimum Gasteiger partial charge on any atom is -0.369 e. The summed E-state index contributed by atoms with van der Waals surface area (Å²) in [4.78, 5) is 40.4.